The lowest BCUT2D eigenvalue weighted by atomic mass is 10.0. The van der Waals surface area contributed by atoms with Crippen molar-refractivity contribution in [2.24, 2.45) is 7.05 Å². The topological polar surface area (TPSA) is 55.2 Å². The average molecular weight is 346 g/mol. The van der Waals surface area contributed by atoms with Crippen LogP contribution in [-0.2, 0) is 7.05 Å². The Kier molecular flexibility index (Phi) is 4.45. The van der Waals surface area contributed by atoms with Crippen molar-refractivity contribution in [2.45, 2.75) is 32.7 Å². The molecule has 0 radical (unpaired) electrons. The first kappa shape index (κ1) is 16.7. The van der Waals surface area contributed by atoms with Crippen LogP contribution in [0.4, 0.5) is 0 Å². The number of benzene rings is 1. The van der Waals surface area contributed by atoms with Gasteiger partial charge in [-0.3, -0.25) is 9.59 Å². The van der Waals surface area contributed by atoms with Crippen molar-refractivity contribution in [3.63, 3.8) is 0 Å². The van der Waals surface area contributed by atoms with Gasteiger partial charge in [0.25, 0.3) is 11.5 Å². The molecule has 1 unspecified atom stereocenters. The van der Waals surface area contributed by atoms with E-state index in [4.69, 9.17) is 11.6 Å². The third kappa shape index (κ3) is 2.84. The standard InChI is InChI=1S/C18H20ClN3O2/c1-11-12(2)20-21(3)17(23)16(11)18(24)22-9-5-8-15(22)13-6-4-7-14(19)10-13/h4,6-7,10,15H,5,8-9H2,1-3H3. The van der Waals surface area contributed by atoms with E-state index in [1.54, 1.807) is 18.9 Å². The van der Waals surface area contributed by atoms with Crippen molar-refractivity contribution >= 4 is 17.5 Å². The highest BCUT2D eigenvalue weighted by Crippen LogP contribution is 2.34. The molecule has 6 heteroatoms. The first-order valence-electron chi connectivity index (χ1n) is 8.01. The van der Waals surface area contributed by atoms with Crippen LogP contribution in [-0.4, -0.2) is 27.1 Å². The molecule has 1 atom stereocenters. The molecule has 1 aromatic heterocycles. The van der Waals surface area contributed by atoms with Gasteiger partial charge in [-0.1, -0.05) is 23.7 Å². The van der Waals surface area contributed by atoms with Gasteiger partial charge in [-0.2, -0.15) is 5.10 Å². The van der Waals surface area contributed by atoms with Crippen molar-refractivity contribution in [1.29, 1.82) is 0 Å². The highest BCUT2D eigenvalue weighted by Gasteiger charge is 2.33. The number of amides is 1. The summed E-state index contributed by atoms with van der Waals surface area (Å²) in [6.45, 7) is 4.23. The summed E-state index contributed by atoms with van der Waals surface area (Å²) in [6.07, 6.45) is 1.78. The maximum atomic E-state index is 13.1. The van der Waals surface area contributed by atoms with Crippen LogP contribution in [0, 0.1) is 13.8 Å². The fraction of sp³-hybridized carbons (Fsp3) is 0.389. The summed E-state index contributed by atoms with van der Waals surface area (Å²) in [6, 6.07) is 7.53. The molecule has 5 nitrogen and oxygen atoms in total. The molecule has 1 fully saturated rings. The Morgan fingerprint density at radius 1 is 1.33 bits per heavy atom. The van der Waals surface area contributed by atoms with Crippen LogP contribution in [0.1, 0.15) is 46.1 Å². The number of hydrogen-bond donors (Lipinski definition) is 0. The SMILES string of the molecule is Cc1nn(C)c(=O)c(C(=O)N2CCCC2c2cccc(Cl)c2)c1C. The summed E-state index contributed by atoms with van der Waals surface area (Å²) in [5.74, 6) is -0.221. The third-order valence-corrected chi connectivity index (χ3v) is 4.92. The lowest BCUT2D eigenvalue weighted by Gasteiger charge is -2.26. The van der Waals surface area contributed by atoms with Gasteiger partial charge in [-0.25, -0.2) is 4.68 Å². The fourth-order valence-electron chi connectivity index (χ4n) is 3.31. The number of carbonyl (C=O) groups excluding carboxylic acids is 1. The number of aryl methyl sites for hydroxylation is 2. The van der Waals surface area contributed by atoms with Gasteiger partial charge >= 0.3 is 0 Å². The Morgan fingerprint density at radius 3 is 2.79 bits per heavy atom. The van der Waals surface area contributed by atoms with Crippen molar-refractivity contribution in [3.05, 3.63) is 62.0 Å². The van der Waals surface area contributed by atoms with Gasteiger partial charge in [0.05, 0.1) is 11.7 Å². The van der Waals surface area contributed by atoms with Gasteiger partial charge in [0.1, 0.15) is 5.56 Å². The second kappa shape index (κ2) is 6.40. The van der Waals surface area contributed by atoms with E-state index in [9.17, 15) is 9.59 Å². The summed E-state index contributed by atoms with van der Waals surface area (Å²) in [5.41, 5.74) is 2.23. The Labute approximate surface area is 145 Å². The van der Waals surface area contributed by atoms with Crippen LogP contribution in [0.3, 0.4) is 0 Å². The van der Waals surface area contributed by atoms with Gasteiger partial charge in [-0.05, 0) is 49.9 Å². The van der Waals surface area contributed by atoms with Gasteiger partial charge in [-0.15, -0.1) is 0 Å². The van der Waals surface area contributed by atoms with Crippen LogP contribution in [0.25, 0.3) is 0 Å². The minimum Gasteiger partial charge on any atom is -0.331 e. The van der Waals surface area contributed by atoms with Crippen molar-refractivity contribution in [3.8, 4) is 0 Å². The van der Waals surface area contributed by atoms with Crippen LogP contribution in [0.5, 0.6) is 0 Å². The lowest BCUT2D eigenvalue weighted by molar-refractivity contribution is 0.0731. The maximum absolute atomic E-state index is 13.1. The molecule has 1 amide bonds. The molecule has 1 aliphatic heterocycles. The van der Waals surface area contributed by atoms with Gasteiger partial charge in [0, 0.05) is 18.6 Å². The average Bonchev–Trinajstić information content (AvgIpc) is 3.03. The predicted octanol–water partition coefficient (Wildman–Crippen LogP) is 3.03. The Hall–Kier alpha value is -2.14. The Morgan fingerprint density at radius 2 is 2.08 bits per heavy atom. The van der Waals surface area contributed by atoms with Crippen LogP contribution < -0.4 is 5.56 Å². The maximum Gasteiger partial charge on any atom is 0.279 e. The van der Waals surface area contributed by atoms with E-state index < -0.39 is 0 Å². The van der Waals surface area contributed by atoms with E-state index in [1.165, 1.54) is 4.68 Å². The molecule has 0 spiro atoms. The number of nitrogens with zero attached hydrogens (tertiary/aromatic N) is 3. The lowest BCUT2D eigenvalue weighted by Crippen LogP contribution is -2.38. The van der Waals surface area contributed by atoms with Crippen molar-refractivity contribution in [2.75, 3.05) is 6.54 Å². The molecular weight excluding hydrogens is 326 g/mol. The Balaban J connectivity index is 2.03. The summed E-state index contributed by atoms with van der Waals surface area (Å²) in [5, 5.41) is 4.80. The zero-order chi connectivity index (χ0) is 17.4. The van der Waals surface area contributed by atoms with E-state index in [2.05, 4.69) is 5.10 Å². The van der Waals surface area contributed by atoms with E-state index in [0.29, 0.717) is 22.8 Å². The number of carbonyl (C=O) groups is 1. The molecule has 2 aromatic rings. The number of hydrogen-bond acceptors (Lipinski definition) is 3. The molecule has 126 valence electrons. The molecule has 0 bridgehead atoms. The number of likely N-dealkylation sites (tertiary alicyclic amines) is 1. The Bertz CT molecular complexity index is 860. The number of halogens is 1. The van der Waals surface area contributed by atoms with Gasteiger partial charge in [0.2, 0.25) is 0 Å². The van der Waals surface area contributed by atoms with E-state index in [1.807, 2.05) is 31.2 Å². The molecule has 1 saturated heterocycles. The number of rotatable bonds is 2. The molecule has 2 heterocycles. The molecule has 1 aliphatic rings. The number of aromatic nitrogens is 2. The van der Waals surface area contributed by atoms with Crippen LogP contribution >= 0.6 is 11.6 Å². The molecule has 0 N–H and O–H groups in total. The van der Waals surface area contributed by atoms with Crippen LogP contribution in [0.2, 0.25) is 5.02 Å². The zero-order valence-electron chi connectivity index (χ0n) is 14.0. The molecular formula is C18H20ClN3O2. The first-order valence-corrected chi connectivity index (χ1v) is 8.39. The highest BCUT2D eigenvalue weighted by atomic mass is 35.5. The molecule has 3 rings (SSSR count). The quantitative estimate of drug-likeness (QED) is 0.840. The normalized spacial score (nSPS) is 17.3. The molecule has 0 aliphatic carbocycles. The van der Waals surface area contributed by atoms with E-state index >= 15 is 0 Å². The summed E-state index contributed by atoms with van der Waals surface area (Å²) in [4.78, 5) is 27.4. The second-order valence-electron chi connectivity index (χ2n) is 6.23. The van der Waals surface area contributed by atoms with E-state index in [0.717, 1.165) is 18.4 Å². The zero-order valence-corrected chi connectivity index (χ0v) is 14.8. The highest BCUT2D eigenvalue weighted by molar-refractivity contribution is 6.30. The van der Waals surface area contributed by atoms with Gasteiger partial charge in [0.15, 0.2) is 0 Å². The minimum atomic E-state index is -0.347. The smallest absolute Gasteiger partial charge is 0.279 e. The molecule has 24 heavy (non-hydrogen) atoms. The molecule has 1 aromatic carbocycles. The summed E-state index contributed by atoms with van der Waals surface area (Å²) >= 11 is 6.09. The summed E-state index contributed by atoms with van der Waals surface area (Å²) < 4.78 is 1.24. The summed E-state index contributed by atoms with van der Waals surface area (Å²) in [7, 11) is 1.57. The minimum absolute atomic E-state index is 0.0474. The largest absolute Gasteiger partial charge is 0.331 e. The van der Waals surface area contributed by atoms with E-state index in [-0.39, 0.29) is 23.1 Å². The second-order valence-corrected chi connectivity index (χ2v) is 6.66. The third-order valence-electron chi connectivity index (χ3n) is 4.69. The fourth-order valence-corrected chi connectivity index (χ4v) is 3.51. The predicted molar refractivity (Wildman–Crippen MR) is 93.4 cm³/mol. The van der Waals surface area contributed by atoms with Crippen molar-refractivity contribution < 1.29 is 4.79 Å². The molecule has 0 saturated carbocycles. The monoisotopic (exact) mass is 345 g/mol. The van der Waals surface area contributed by atoms with Crippen molar-refractivity contribution in [1.82, 2.24) is 14.7 Å². The first-order chi connectivity index (χ1) is 11.4. The van der Waals surface area contributed by atoms with Crippen LogP contribution in [0.15, 0.2) is 29.1 Å². The van der Waals surface area contributed by atoms with Gasteiger partial charge < -0.3 is 4.90 Å².